The molecule has 0 aliphatic carbocycles. The molecule has 1 nitrogen and oxygen atoms in total. The zero-order valence-electron chi connectivity index (χ0n) is 9.57. The minimum atomic E-state index is 0.823. The molecule has 2 heteroatoms. The Hall–Kier alpha value is -0.470. The van der Waals surface area contributed by atoms with Crippen molar-refractivity contribution in [2.45, 2.75) is 29.9 Å². The fraction of sp³-hybridized carbons (Fsp3) is 0.538. The molecule has 1 fully saturated rings. The first-order chi connectivity index (χ1) is 7.24. The molecule has 1 aromatic rings. The first kappa shape index (κ1) is 11.0. The maximum Gasteiger partial charge on any atom is 0.0119 e. The van der Waals surface area contributed by atoms with Gasteiger partial charge in [0.25, 0.3) is 0 Å². The molecular weight excluding hydrogens is 202 g/mol. The summed E-state index contributed by atoms with van der Waals surface area (Å²) in [5.74, 6) is 0. The van der Waals surface area contributed by atoms with E-state index in [0.717, 1.165) is 5.25 Å². The number of likely N-dealkylation sites (tertiary alicyclic amines) is 1. The van der Waals surface area contributed by atoms with E-state index < -0.39 is 0 Å². The van der Waals surface area contributed by atoms with Crippen LogP contribution in [0.4, 0.5) is 0 Å². The van der Waals surface area contributed by atoms with Gasteiger partial charge >= 0.3 is 0 Å². The molecule has 0 aromatic heterocycles. The average Bonchev–Trinajstić information content (AvgIpc) is 2.25. The zero-order valence-corrected chi connectivity index (χ0v) is 10.4. The fourth-order valence-corrected chi connectivity index (χ4v) is 3.04. The van der Waals surface area contributed by atoms with Crippen LogP contribution in [0.25, 0.3) is 0 Å². The van der Waals surface area contributed by atoms with Gasteiger partial charge in [-0.1, -0.05) is 17.7 Å². The van der Waals surface area contributed by atoms with E-state index in [4.69, 9.17) is 0 Å². The van der Waals surface area contributed by atoms with Crippen molar-refractivity contribution in [1.29, 1.82) is 0 Å². The summed E-state index contributed by atoms with van der Waals surface area (Å²) in [6.07, 6.45) is 2.66. The monoisotopic (exact) mass is 221 g/mol. The van der Waals surface area contributed by atoms with Crippen LogP contribution in [0.1, 0.15) is 18.4 Å². The summed E-state index contributed by atoms with van der Waals surface area (Å²) in [6, 6.07) is 8.91. The number of rotatable bonds is 2. The topological polar surface area (TPSA) is 3.24 Å². The van der Waals surface area contributed by atoms with Crippen LogP contribution in [-0.4, -0.2) is 30.3 Å². The molecule has 15 heavy (non-hydrogen) atoms. The molecule has 1 aliphatic rings. The van der Waals surface area contributed by atoms with E-state index in [1.54, 1.807) is 0 Å². The van der Waals surface area contributed by atoms with Gasteiger partial charge in [0.15, 0.2) is 0 Å². The van der Waals surface area contributed by atoms with Crippen LogP contribution in [0.5, 0.6) is 0 Å². The first-order valence-electron chi connectivity index (χ1n) is 5.66. The van der Waals surface area contributed by atoms with E-state index in [1.165, 1.54) is 36.4 Å². The Morgan fingerprint density at radius 1 is 1.13 bits per heavy atom. The molecule has 0 spiro atoms. The third kappa shape index (κ3) is 3.25. The van der Waals surface area contributed by atoms with Gasteiger partial charge in [-0.3, -0.25) is 0 Å². The van der Waals surface area contributed by atoms with Crippen LogP contribution in [0.15, 0.2) is 29.2 Å². The SMILES string of the molecule is Cc1ccc(SC2CCN(C)CC2)cc1. The molecule has 0 bridgehead atoms. The zero-order chi connectivity index (χ0) is 10.7. The smallest absolute Gasteiger partial charge is 0.0119 e. The number of hydrogen-bond donors (Lipinski definition) is 0. The fourth-order valence-electron chi connectivity index (χ4n) is 1.91. The highest BCUT2D eigenvalue weighted by molar-refractivity contribution is 8.00. The maximum absolute atomic E-state index is 2.42. The number of nitrogens with zero attached hydrogens (tertiary/aromatic N) is 1. The summed E-state index contributed by atoms with van der Waals surface area (Å²) in [5, 5.41) is 0.823. The van der Waals surface area contributed by atoms with Crippen molar-refractivity contribution in [3.8, 4) is 0 Å². The lowest BCUT2D eigenvalue weighted by atomic mass is 10.1. The lowest BCUT2D eigenvalue weighted by molar-refractivity contribution is 0.282. The summed E-state index contributed by atoms with van der Waals surface area (Å²) in [5.41, 5.74) is 1.35. The van der Waals surface area contributed by atoms with Crippen LogP contribution < -0.4 is 0 Å². The van der Waals surface area contributed by atoms with Crippen molar-refractivity contribution in [2.75, 3.05) is 20.1 Å². The predicted octanol–water partition coefficient (Wildman–Crippen LogP) is 3.18. The van der Waals surface area contributed by atoms with Crippen LogP contribution in [-0.2, 0) is 0 Å². The molecule has 0 unspecified atom stereocenters. The van der Waals surface area contributed by atoms with Gasteiger partial charge in [-0.05, 0) is 52.0 Å². The molecule has 1 heterocycles. The lowest BCUT2D eigenvalue weighted by Gasteiger charge is -2.28. The molecule has 0 radical (unpaired) electrons. The van der Waals surface area contributed by atoms with Crippen LogP contribution in [0, 0.1) is 6.92 Å². The molecule has 2 rings (SSSR count). The highest BCUT2D eigenvalue weighted by atomic mass is 32.2. The lowest BCUT2D eigenvalue weighted by Crippen LogP contribution is -2.31. The molecule has 82 valence electrons. The number of aryl methyl sites for hydroxylation is 1. The Morgan fingerprint density at radius 3 is 2.33 bits per heavy atom. The Kier molecular flexibility index (Phi) is 3.71. The highest BCUT2D eigenvalue weighted by Gasteiger charge is 2.17. The Bertz CT molecular complexity index is 299. The van der Waals surface area contributed by atoms with Crippen LogP contribution in [0.3, 0.4) is 0 Å². The number of piperidine rings is 1. The van der Waals surface area contributed by atoms with Crippen molar-refractivity contribution in [3.05, 3.63) is 29.8 Å². The molecule has 1 aliphatic heterocycles. The van der Waals surface area contributed by atoms with E-state index >= 15 is 0 Å². The summed E-state index contributed by atoms with van der Waals surface area (Å²) in [6.45, 7) is 4.65. The van der Waals surface area contributed by atoms with Gasteiger partial charge in [0.05, 0.1) is 0 Å². The van der Waals surface area contributed by atoms with Gasteiger partial charge in [-0.25, -0.2) is 0 Å². The minimum absolute atomic E-state index is 0.823. The van der Waals surface area contributed by atoms with Gasteiger partial charge in [0.2, 0.25) is 0 Å². The molecule has 0 atom stereocenters. The number of hydrogen-bond acceptors (Lipinski definition) is 2. The Labute approximate surface area is 96.9 Å². The first-order valence-corrected chi connectivity index (χ1v) is 6.54. The molecule has 1 aromatic carbocycles. The Morgan fingerprint density at radius 2 is 1.73 bits per heavy atom. The van der Waals surface area contributed by atoms with Crippen molar-refractivity contribution in [2.24, 2.45) is 0 Å². The molecule has 0 amide bonds. The summed E-state index contributed by atoms with van der Waals surface area (Å²) >= 11 is 2.05. The van der Waals surface area contributed by atoms with Gasteiger partial charge in [0, 0.05) is 10.1 Å². The van der Waals surface area contributed by atoms with Crippen molar-refractivity contribution in [3.63, 3.8) is 0 Å². The second-order valence-corrected chi connectivity index (χ2v) is 5.81. The molecular formula is C13H19NS. The number of thioether (sulfide) groups is 1. The Balaban J connectivity index is 1.89. The normalized spacial score (nSPS) is 19.3. The quantitative estimate of drug-likeness (QED) is 0.754. The van der Waals surface area contributed by atoms with E-state index in [-0.39, 0.29) is 0 Å². The van der Waals surface area contributed by atoms with Gasteiger partial charge in [-0.2, -0.15) is 0 Å². The van der Waals surface area contributed by atoms with Crippen molar-refractivity contribution in [1.82, 2.24) is 4.90 Å². The summed E-state index contributed by atoms with van der Waals surface area (Å²) < 4.78 is 0. The molecule has 0 saturated carbocycles. The van der Waals surface area contributed by atoms with E-state index in [2.05, 4.69) is 43.1 Å². The average molecular weight is 221 g/mol. The third-order valence-electron chi connectivity index (χ3n) is 2.99. The third-order valence-corrected chi connectivity index (χ3v) is 4.34. The predicted molar refractivity (Wildman–Crippen MR) is 67.6 cm³/mol. The van der Waals surface area contributed by atoms with Gasteiger partial charge < -0.3 is 4.90 Å². The molecule has 1 saturated heterocycles. The largest absolute Gasteiger partial charge is 0.306 e. The van der Waals surface area contributed by atoms with Crippen LogP contribution >= 0.6 is 11.8 Å². The van der Waals surface area contributed by atoms with Crippen molar-refractivity contribution >= 4 is 11.8 Å². The van der Waals surface area contributed by atoms with E-state index in [9.17, 15) is 0 Å². The molecule has 0 N–H and O–H groups in total. The van der Waals surface area contributed by atoms with Crippen LogP contribution in [0.2, 0.25) is 0 Å². The second kappa shape index (κ2) is 5.04. The number of benzene rings is 1. The van der Waals surface area contributed by atoms with E-state index in [0.29, 0.717) is 0 Å². The minimum Gasteiger partial charge on any atom is -0.306 e. The van der Waals surface area contributed by atoms with Gasteiger partial charge in [0.1, 0.15) is 0 Å². The summed E-state index contributed by atoms with van der Waals surface area (Å²) in [4.78, 5) is 3.85. The second-order valence-electron chi connectivity index (χ2n) is 4.43. The van der Waals surface area contributed by atoms with E-state index in [1.807, 2.05) is 11.8 Å². The van der Waals surface area contributed by atoms with Crippen molar-refractivity contribution < 1.29 is 0 Å². The van der Waals surface area contributed by atoms with Gasteiger partial charge in [-0.15, -0.1) is 11.8 Å². The maximum atomic E-state index is 2.42. The standard InChI is InChI=1S/C13H19NS/c1-11-3-5-12(6-4-11)15-13-7-9-14(2)10-8-13/h3-6,13H,7-10H2,1-2H3. The highest BCUT2D eigenvalue weighted by Crippen LogP contribution is 2.29. The summed E-state index contributed by atoms with van der Waals surface area (Å²) in [7, 11) is 2.22.